The van der Waals surface area contributed by atoms with Gasteiger partial charge in [0.1, 0.15) is 0 Å². The van der Waals surface area contributed by atoms with Crippen LogP contribution in [0.3, 0.4) is 0 Å². The van der Waals surface area contributed by atoms with Gasteiger partial charge in [-0.05, 0) is 31.6 Å². The number of rotatable bonds is 3. The zero-order valence-corrected chi connectivity index (χ0v) is 19.0. The SMILES string of the molecule is I.O=C1CCC2CN(C(=NCC3CCS(=O)(=O)C3)NC3CCCC3)CCN12. The first-order valence-electron chi connectivity index (χ1n) is 10.1. The van der Waals surface area contributed by atoms with Crippen molar-refractivity contribution >= 4 is 45.7 Å². The monoisotopic (exact) mass is 510 g/mol. The van der Waals surface area contributed by atoms with Gasteiger partial charge in [0.05, 0.1) is 11.5 Å². The lowest BCUT2D eigenvalue weighted by Crippen LogP contribution is -2.57. The van der Waals surface area contributed by atoms with E-state index in [0.717, 1.165) is 38.4 Å². The molecule has 0 aromatic heterocycles. The van der Waals surface area contributed by atoms with Gasteiger partial charge in [0.25, 0.3) is 0 Å². The number of halogens is 1. The van der Waals surface area contributed by atoms with Gasteiger partial charge in [-0.2, -0.15) is 0 Å². The predicted molar refractivity (Wildman–Crippen MR) is 116 cm³/mol. The van der Waals surface area contributed by atoms with Gasteiger partial charge in [0, 0.05) is 44.7 Å². The van der Waals surface area contributed by atoms with Crippen LogP contribution >= 0.6 is 24.0 Å². The van der Waals surface area contributed by atoms with Crippen LogP contribution in [0, 0.1) is 5.92 Å². The van der Waals surface area contributed by atoms with E-state index in [0.29, 0.717) is 30.8 Å². The average Bonchev–Trinajstić information content (AvgIpc) is 3.33. The molecule has 9 heteroatoms. The largest absolute Gasteiger partial charge is 0.354 e. The molecule has 2 unspecified atom stereocenters. The number of hydrogen-bond donors (Lipinski definition) is 1. The first-order valence-corrected chi connectivity index (χ1v) is 11.9. The van der Waals surface area contributed by atoms with Crippen molar-refractivity contribution in [2.75, 3.05) is 37.7 Å². The Morgan fingerprint density at radius 1 is 1.15 bits per heavy atom. The van der Waals surface area contributed by atoms with Crippen molar-refractivity contribution in [1.82, 2.24) is 15.1 Å². The fourth-order valence-electron chi connectivity index (χ4n) is 4.78. The number of guanidine groups is 1. The number of hydrogen-bond acceptors (Lipinski definition) is 4. The third-order valence-corrected chi connectivity index (χ3v) is 8.15. The van der Waals surface area contributed by atoms with E-state index in [2.05, 4.69) is 10.2 Å². The minimum Gasteiger partial charge on any atom is -0.354 e. The van der Waals surface area contributed by atoms with Crippen LogP contribution in [0.15, 0.2) is 4.99 Å². The maximum atomic E-state index is 11.9. The summed E-state index contributed by atoms with van der Waals surface area (Å²) < 4.78 is 23.4. The molecule has 4 fully saturated rings. The van der Waals surface area contributed by atoms with E-state index in [1.165, 1.54) is 25.7 Å². The molecule has 0 spiro atoms. The Balaban J connectivity index is 0.00000210. The Labute approximate surface area is 179 Å². The highest BCUT2D eigenvalue weighted by Crippen LogP contribution is 2.24. The fraction of sp³-hybridized carbons (Fsp3) is 0.889. The molecule has 7 nitrogen and oxygen atoms in total. The lowest BCUT2D eigenvalue weighted by molar-refractivity contribution is -0.130. The summed E-state index contributed by atoms with van der Waals surface area (Å²) in [6.45, 7) is 3.00. The van der Waals surface area contributed by atoms with Crippen LogP contribution in [0.25, 0.3) is 0 Å². The molecule has 2 atom stereocenters. The minimum atomic E-state index is -2.86. The summed E-state index contributed by atoms with van der Waals surface area (Å²) in [6, 6.07) is 0.781. The number of aliphatic imine (C=N–C) groups is 1. The van der Waals surface area contributed by atoms with E-state index < -0.39 is 9.84 Å². The molecule has 3 saturated heterocycles. The maximum absolute atomic E-state index is 11.9. The van der Waals surface area contributed by atoms with Gasteiger partial charge in [-0.15, -0.1) is 24.0 Å². The molecule has 27 heavy (non-hydrogen) atoms. The molecule has 1 saturated carbocycles. The van der Waals surface area contributed by atoms with E-state index in [1.807, 2.05) is 4.90 Å². The first kappa shape index (κ1) is 21.1. The molecule has 154 valence electrons. The van der Waals surface area contributed by atoms with Crippen molar-refractivity contribution in [3.05, 3.63) is 0 Å². The van der Waals surface area contributed by atoms with Gasteiger partial charge in [0.2, 0.25) is 5.91 Å². The number of sulfone groups is 1. The summed E-state index contributed by atoms with van der Waals surface area (Å²) >= 11 is 0. The summed E-state index contributed by atoms with van der Waals surface area (Å²) in [7, 11) is -2.86. The van der Waals surface area contributed by atoms with Gasteiger partial charge in [-0.1, -0.05) is 12.8 Å². The lowest BCUT2D eigenvalue weighted by Gasteiger charge is -2.39. The number of fused-ring (bicyclic) bond motifs is 1. The summed E-state index contributed by atoms with van der Waals surface area (Å²) in [5, 5.41) is 3.64. The second-order valence-corrected chi connectivity index (χ2v) is 10.5. The third kappa shape index (κ3) is 5.07. The Morgan fingerprint density at radius 3 is 2.63 bits per heavy atom. The van der Waals surface area contributed by atoms with Crippen LogP contribution in [-0.4, -0.2) is 79.9 Å². The molecular weight excluding hydrogens is 479 g/mol. The Kier molecular flexibility index (Phi) is 6.92. The molecule has 4 rings (SSSR count). The highest BCUT2D eigenvalue weighted by Gasteiger charge is 2.37. The van der Waals surface area contributed by atoms with Crippen LogP contribution in [-0.2, 0) is 14.6 Å². The van der Waals surface area contributed by atoms with Gasteiger partial charge in [-0.3, -0.25) is 9.79 Å². The van der Waals surface area contributed by atoms with Crippen LogP contribution in [0.4, 0.5) is 0 Å². The van der Waals surface area contributed by atoms with Crippen molar-refractivity contribution in [3.8, 4) is 0 Å². The van der Waals surface area contributed by atoms with E-state index >= 15 is 0 Å². The van der Waals surface area contributed by atoms with Crippen molar-refractivity contribution in [2.24, 2.45) is 10.9 Å². The molecule has 3 heterocycles. The molecule has 3 aliphatic heterocycles. The summed E-state index contributed by atoms with van der Waals surface area (Å²) in [5.41, 5.74) is 0. The van der Waals surface area contributed by atoms with Crippen molar-refractivity contribution in [2.45, 2.75) is 57.0 Å². The lowest BCUT2D eigenvalue weighted by atomic mass is 10.1. The van der Waals surface area contributed by atoms with Crippen molar-refractivity contribution < 1.29 is 13.2 Å². The quantitative estimate of drug-likeness (QED) is 0.351. The van der Waals surface area contributed by atoms with E-state index in [9.17, 15) is 13.2 Å². The molecular formula is C18H31IN4O3S. The Hall–Kier alpha value is -0.580. The number of nitrogens with one attached hydrogen (secondary N) is 1. The number of piperazine rings is 1. The van der Waals surface area contributed by atoms with Crippen LogP contribution in [0.5, 0.6) is 0 Å². The highest BCUT2D eigenvalue weighted by atomic mass is 127. The highest BCUT2D eigenvalue weighted by molar-refractivity contribution is 14.0. The molecule has 4 aliphatic rings. The predicted octanol–water partition coefficient (Wildman–Crippen LogP) is 1.23. The standard InChI is InChI=1S/C18H30N4O3S.HI/c23-17-6-5-16-12-21(8-9-22(16)17)18(20-15-3-1-2-4-15)19-11-14-7-10-26(24,25)13-14;/h14-16H,1-13H2,(H,19,20);1H. The molecule has 1 aliphatic carbocycles. The smallest absolute Gasteiger partial charge is 0.223 e. The molecule has 0 bridgehead atoms. The zero-order chi connectivity index (χ0) is 18.1. The summed E-state index contributed by atoms with van der Waals surface area (Å²) in [5.74, 6) is 1.95. The molecule has 1 N–H and O–H groups in total. The Morgan fingerprint density at radius 2 is 1.93 bits per heavy atom. The van der Waals surface area contributed by atoms with E-state index in [1.54, 1.807) is 0 Å². The number of carbonyl (C=O) groups is 1. The van der Waals surface area contributed by atoms with Crippen LogP contribution in [0.2, 0.25) is 0 Å². The maximum Gasteiger partial charge on any atom is 0.223 e. The van der Waals surface area contributed by atoms with Gasteiger partial charge in [0.15, 0.2) is 15.8 Å². The normalized spacial score (nSPS) is 31.1. The second kappa shape index (κ2) is 8.84. The van der Waals surface area contributed by atoms with Gasteiger partial charge >= 0.3 is 0 Å². The summed E-state index contributed by atoms with van der Waals surface area (Å²) in [6.07, 6.45) is 7.21. The topological polar surface area (TPSA) is 82.1 Å². The molecule has 0 radical (unpaired) electrons. The van der Waals surface area contributed by atoms with Crippen LogP contribution in [0.1, 0.15) is 44.9 Å². The first-order chi connectivity index (χ1) is 12.5. The number of carbonyl (C=O) groups excluding carboxylic acids is 1. The number of amides is 1. The minimum absolute atomic E-state index is 0. The molecule has 0 aromatic rings. The Bertz CT molecular complexity index is 678. The van der Waals surface area contributed by atoms with Crippen LogP contribution < -0.4 is 5.32 Å². The average molecular weight is 510 g/mol. The van der Waals surface area contributed by atoms with Crippen molar-refractivity contribution in [3.63, 3.8) is 0 Å². The second-order valence-electron chi connectivity index (χ2n) is 8.28. The zero-order valence-electron chi connectivity index (χ0n) is 15.8. The fourth-order valence-corrected chi connectivity index (χ4v) is 6.63. The van der Waals surface area contributed by atoms with Crippen molar-refractivity contribution in [1.29, 1.82) is 0 Å². The van der Waals surface area contributed by atoms with Gasteiger partial charge < -0.3 is 15.1 Å². The van der Waals surface area contributed by atoms with E-state index in [4.69, 9.17) is 4.99 Å². The molecule has 0 aromatic carbocycles. The summed E-state index contributed by atoms with van der Waals surface area (Å²) in [4.78, 5) is 21.1. The third-order valence-electron chi connectivity index (χ3n) is 6.31. The van der Waals surface area contributed by atoms with E-state index in [-0.39, 0.29) is 41.6 Å². The number of nitrogens with zero attached hydrogens (tertiary/aromatic N) is 3. The van der Waals surface area contributed by atoms with Gasteiger partial charge in [-0.25, -0.2) is 8.42 Å². The molecule has 1 amide bonds.